The van der Waals surface area contributed by atoms with Gasteiger partial charge in [-0.1, -0.05) is 25.5 Å². The van der Waals surface area contributed by atoms with Crippen LogP contribution in [0.15, 0.2) is 40.3 Å². The Hall–Kier alpha value is -2.35. The molecule has 0 aliphatic rings. The lowest BCUT2D eigenvalue weighted by Gasteiger charge is -2.40. The van der Waals surface area contributed by atoms with E-state index in [1.54, 1.807) is 6.92 Å². The highest BCUT2D eigenvalue weighted by molar-refractivity contribution is 8.45. The zero-order chi connectivity index (χ0) is 20.7. The van der Waals surface area contributed by atoms with Crippen LogP contribution in [-0.4, -0.2) is 30.5 Å². The number of imidazole rings is 1. The molecule has 1 heterocycles. The van der Waals surface area contributed by atoms with Crippen molar-refractivity contribution in [1.29, 1.82) is 0 Å². The van der Waals surface area contributed by atoms with Gasteiger partial charge in [0, 0.05) is 7.05 Å². The van der Waals surface area contributed by atoms with E-state index in [0.717, 1.165) is 10.8 Å². The fraction of sp³-hybridized carbons (Fsp3) is 0.231. The average Bonchev–Trinajstić information content (AvgIpc) is 2.86. The first kappa shape index (κ1) is 21.0. The molecule has 1 aromatic heterocycles. The van der Waals surface area contributed by atoms with Crippen LogP contribution in [0.25, 0.3) is 0 Å². The molecule has 0 bridgehead atoms. The summed E-state index contributed by atoms with van der Waals surface area (Å²) in [5.41, 5.74) is -0.129. The van der Waals surface area contributed by atoms with Crippen LogP contribution >= 0.6 is 10.2 Å². The van der Waals surface area contributed by atoms with Crippen LogP contribution in [0.4, 0.5) is 25.4 Å². The number of hydrogen-bond acceptors (Lipinski definition) is 5. The summed E-state index contributed by atoms with van der Waals surface area (Å²) in [7, 11) is -13.5. The van der Waals surface area contributed by atoms with Crippen molar-refractivity contribution in [2.24, 2.45) is 7.05 Å². The van der Waals surface area contributed by atoms with E-state index < -0.39 is 42.0 Å². The Morgan fingerprint density at radius 1 is 1.26 bits per heavy atom. The van der Waals surface area contributed by atoms with E-state index in [9.17, 15) is 32.6 Å². The van der Waals surface area contributed by atoms with Gasteiger partial charge >= 0.3 is 16.2 Å². The van der Waals surface area contributed by atoms with Gasteiger partial charge < -0.3 is 9.30 Å². The summed E-state index contributed by atoms with van der Waals surface area (Å²) < 4.78 is 96.5. The van der Waals surface area contributed by atoms with Crippen molar-refractivity contribution >= 4 is 32.2 Å². The molecular weight excluding hydrogens is 421 g/mol. The van der Waals surface area contributed by atoms with Gasteiger partial charge in [-0.2, -0.15) is 0 Å². The molecule has 0 saturated carbocycles. The summed E-state index contributed by atoms with van der Waals surface area (Å²) in [5.74, 6) is -1.23. The molecule has 2 rings (SSSR count). The number of benzene rings is 1. The Morgan fingerprint density at radius 3 is 2.44 bits per heavy atom. The van der Waals surface area contributed by atoms with Crippen LogP contribution < -0.4 is 4.72 Å². The molecule has 152 valence electrons. The lowest BCUT2D eigenvalue weighted by Crippen LogP contribution is -2.18. The normalized spacial score (nSPS) is 14.9. The van der Waals surface area contributed by atoms with Crippen LogP contribution in [0, 0.1) is 0 Å². The van der Waals surface area contributed by atoms with E-state index in [2.05, 4.69) is 4.98 Å². The fourth-order valence-electron chi connectivity index (χ4n) is 1.96. The van der Waals surface area contributed by atoms with Crippen LogP contribution in [-0.2, 0) is 21.8 Å². The number of sulfonamides is 1. The topological polar surface area (TPSA) is 90.3 Å². The molecule has 0 aliphatic carbocycles. The largest absolute Gasteiger partial charge is 0.461 e. The van der Waals surface area contributed by atoms with Crippen LogP contribution in [0.3, 0.4) is 0 Å². The molecule has 1 N–H and O–H groups in total. The number of halogens is 5. The zero-order valence-electron chi connectivity index (χ0n) is 13.8. The predicted molar refractivity (Wildman–Crippen MR) is 87.8 cm³/mol. The van der Waals surface area contributed by atoms with Gasteiger partial charge in [-0.3, -0.25) is 0 Å². The zero-order valence-corrected chi connectivity index (χ0v) is 15.5. The highest BCUT2D eigenvalue weighted by atomic mass is 32.5. The van der Waals surface area contributed by atoms with Gasteiger partial charge in [-0.15, -0.1) is 0 Å². The number of rotatable bonds is 6. The second-order valence-electron chi connectivity index (χ2n) is 5.30. The first-order chi connectivity index (χ1) is 12.0. The van der Waals surface area contributed by atoms with E-state index in [1.807, 2.05) is 4.72 Å². The highest BCUT2D eigenvalue weighted by Crippen LogP contribution is 3.02. The minimum Gasteiger partial charge on any atom is -0.461 e. The van der Waals surface area contributed by atoms with E-state index in [1.165, 1.54) is 7.05 Å². The molecule has 0 saturated heterocycles. The monoisotopic (exact) mass is 435 g/mol. The van der Waals surface area contributed by atoms with Gasteiger partial charge in [0.15, 0.2) is 0 Å². The van der Waals surface area contributed by atoms with Crippen molar-refractivity contribution < 1.29 is 37.4 Å². The minimum atomic E-state index is -10.1. The molecule has 0 spiro atoms. The van der Waals surface area contributed by atoms with E-state index in [0.29, 0.717) is 12.1 Å². The number of esters is 1. The predicted octanol–water partition coefficient (Wildman–Crippen LogP) is 4.06. The average molecular weight is 435 g/mol. The van der Waals surface area contributed by atoms with Gasteiger partial charge in [-0.25, -0.2) is 22.9 Å². The van der Waals surface area contributed by atoms with Crippen LogP contribution in [0.5, 0.6) is 0 Å². The first-order valence-electron chi connectivity index (χ1n) is 7.11. The first-order valence-corrected chi connectivity index (χ1v) is 10.5. The maximum absolute atomic E-state index is 12.9. The second-order valence-corrected chi connectivity index (χ2v) is 9.39. The quantitative estimate of drug-likeness (QED) is 0.546. The third-order valence-corrected chi connectivity index (χ3v) is 5.73. The molecular formula is C13H14F5N3O4S2. The second kappa shape index (κ2) is 5.82. The Labute approximate surface area is 150 Å². The number of nitrogens with one attached hydrogen (secondary N) is 1. The number of hydrogen-bond donors (Lipinski definition) is 1. The standard InChI is InChI=1S/C13H14F5N3O4S2/c1-3-25-12(22)11-8-19-13(21(11)2)20-26(23,24)9-5-4-6-10(7-9)27(14,15,16,17)18/h4-8H,3H2,1-2H3,(H,19,20). The number of ether oxygens (including phenoxy) is 1. The molecule has 7 nitrogen and oxygen atoms in total. The molecule has 0 unspecified atom stereocenters. The molecule has 0 radical (unpaired) electrons. The number of aromatic nitrogens is 2. The fourth-order valence-corrected chi connectivity index (χ4v) is 3.81. The van der Waals surface area contributed by atoms with E-state index >= 15 is 0 Å². The number of anilines is 1. The third-order valence-electron chi connectivity index (χ3n) is 3.26. The van der Waals surface area contributed by atoms with Gasteiger partial charge in [0.05, 0.1) is 17.7 Å². The lowest BCUT2D eigenvalue weighted by molar-refractivity contribution is 0.0515. The van der Waals surface area contributed by atoms with Gasteiger partial charge in [0.1, 0.15) is 10.6 Å². The summed E-state index contributed by atoms with van der Waals surface area (Å²) in [4.78, 5) is 11.9. The maximum Gasteiger partial charge on any atom is 0.356 e. The van der Waals surface area contributed by atoms with Crippen molar-refractivity contribution in [3.8, 4) is 0 Å². The number of carbonyl (C=O) groups is 1. The summed E-state index contributed by atoms with van der Waals surface area (Å²) in [5, 5.41) is 0. The molecule has 1 aromatic carbocycles. The van der Waals surface area contributed by atoms with Gasteiger partial charge in [0.2, 0.25) is 5.95 Å². The van der Waals surface area contributed by atoms with Crippen LogP contribution in [0.1, 0.15) is 17.4 Å². The third kappa shape index (κ3) is 4.68. The van der Waals surface area contributed by atoms with Crippen molar-refractivity contribution in [3.63, 3.8) is 0 Å². The Balaban J connectivity index is 2.41. The molecule has 2 aromatic rings. The van der Waals surface area contributed by atoms with Gasteiger partial charge in [0.25, 0.3) is 10.0 Å². The molecule has 27 heavy (non-hydrogen) atoms. The number of carbonyl (C=O) groups excluding carboxylic acids is 1. The molecule has 0 aliphatic heterocycles. The number of nitrogens with zero attached hydrogens (tertiary/aromatic N) is 2. The van der Waals surface area contributed by atoms with Crippen molar-refractivity contribution in [1.82, 2.24) is 9.55 Å². The minimum absolute atomic E-state index is 0.0479. The summed E-state index contributed by atoms with van der Waals surface area (Å²) in [6, 6.07) is 1.17. The van der Waals surface area contributed by atoms with Crippen molar-refractivity contribution in [3.05, 3.63) is 36.2 Å². The Kier molecular flexibility index (Phi) is 4.52. The van der Waals surface area contributed by atoms with E-state index in [4.69, 9.17) is 4.74 Å². The molecule has 0 amide bonds. The van der Waals surface area contributed by atoms with Crippen molar-refractivity contribution in [2.75, 3.05) is 11.3 Å². The Morgan fingerprint density at radius 2 is 1.89 bits per heavy atom. The summed E-state index contributed by atoms with van der Waals surface area (Å²) in [6.07, 6.45) is 0.987. The molecule has 14 heteroatoms. The SMILES string of the molecule is CCOC(=O)c1cnc(NS(=O)(=O)c2cccc(S(F)(F)(F)(F)F)c2)n1C. The Bertz CT molecular complexity index is 1000. The lowest BCUT2D eigenvalue weighted by atomic mass is 10.4. The maximum atomic E-state index is 12.9. The van der Waals surface area contributed by atoms with Crippen LogP contribution in [0.2, 0.25) is 0 Å². The summed E-state index contributed by atoms with van der Waals surface area (Å²) >= 11 is 0. The van der Waals surface area contributed by atoms with E-state index in [-0.39, 0.29) is 24.4 Å². The molecule has 0 fully saturated rings. The van der Waals surface area contributed by atoms with Crippen molar-refractivity contribution in [2.45, 2.75) is 16.7 Å². The smallest absolute Gasteiger partial charge is 0.356 e. The highest BCUT2D eigenvalue weighted by Gasteiger charge is 2.65. The summed E-state index contributed by atoms with van der Waals surface area (Å²) in [6.45, 7) is 1.59. The molecule has 0 atom stereocenters. The van der Waals surface area contributed by atoms with Gasteiger partial charge in [-0.05, 0) is 25.1 Å².